The standard InChI is InChI=1S/C20H33N5O2S.H2/c1-4-15(3)19(27)25-11-9-23(10-12-25)13-16-14-28-20(21-16)22-18(26)17-7-6-8-24(17)5-2;/h14-15,17H,4-13H2,1-3H3,(H,21,22,26);1H. The fourth-order valence-corrected chi connectivity index (χ4v) is 4.67. The van der Waals surface area contributed by atoms with Gasteiger partial charge in [0.2, 0.25) is 11.8 Å². The number of carbonyl (C=O) groups excluding carboxylic acids is 2. The molecule has 1 aromatic rings. The highest BCUT2D eigenvalue weighted by molar-refractivity contribution is 7.13. The van der Waals surface area contributed by atoms with Gasteiger partial charge in [0, 0.05) is 45.4 Å². The van der Waals surface area contributed by atoms with Crippen molar-refractivity contribution in [1.82, 2.24) is 19.7 Å². The van der Waals surface area contributed by atoms with Crippen LogP contribution in [-0.4, -0.2) is 76.8 Å². The minimum absolute atomic E-state index is 0. The first kappa shape index (κ1) is 21.2. The highest BCUT2D eigenvalue weighted by Crippen LogP contribution is 2.22. The lowest BCUT2D eigenvalue weighted by Gasteiger charge is -2.35. The Morgan fingerprint density at radius 3 is 2.71 bits per heavy atom. The third-order valence-corrected chi connectivity index (χ3v) is 6.76. The summed E-state index contributed by atoms with van der Waals surface area (Å²) in [5.74, 6) is 0.450. The number of likely N-dealkylation sites (tertiary alicyclic amines) is 1. The molecule has 0 radical (unpaired) electrons. The Balaban J connectivity index is 0.00000300. The van der Waals surface area contributed by atoms with Gasteiger partial charge in [-0.1, -0.05) is 20.8 Å². The number of rotatable bonds is 7. The van der Waals surface area contributed by atoms with Gasteiger partial charge < -0.3 is 10.2 Å². The predicted molar refractivity (Wildman–Crippen MR) is 114 cm³/mol. The molecule has 158 valence electrons. The molecule has 2 fully saturated rings. The number of hydrogen-bond donors (Lipinski definition) is 1. The normalized spacial score (nSPS) is 22.4. The fourth-order valence-electron chi connectivity index (χ4n) is 3.97. The first-order valence-electron chi connectivity index (χ1n) is 10.5. The van der Waals surface area contributed by atoms with Gasteiger partial charge in [0.25, 0.3) is 0 Å². The van der Waals surface area contributed by atoms with Crippen LogP contribution in [-0.2, 0) is 16.1 Å². The lowest BCUT2D eigenvalue weighted by Crippen LogP contribution is -2.49. The van der Waals surface area contributed by atoms with Crippen molar-refractivity contribution in [3.8, 4) is 0 Å². The Labute approximate surface area is 173 Å². The number of piperazine rings is 1. The monoisotopic (exact) mass is 409 g/mol. The Hall–Kier alpha value is -1.51. The van der Waals surface area contributed by atoms with Crippen molar-refractivity contribution in [1.29, 1.82) is 0 Å². The van der Waals surface area contributed by atoms with Gasteiger partial charge in [-0.25, -0.2) is 4.98 Å². The van der Waals surface area contributed by atoms with Crippen LogP contribution in [0.15, 0.2) is 5.38 Å². The number of likely N-dealkylation sites (N-methyl/N-ethyl adjacent to an activating group) is 1. The number of aromatic nitrogens is 1. The van der Waals surface area contributed by atoms with Gasteiger partial charge in [0.15, 0.2) is 5.13 Å². The van der Waals surface area contributed by atoms with Gasteiger partial charge in [0.05, 0.1) is 11.7 Å². The highest BCUT2D eigenvalue weighted by Gasteiger charge is 2.30. The quantitative estimate of drug-likeness (QED) is 0.749. The Kier molecular flexibility index (Phi) is 7.42. The molecule has 2 aliphatic heterocycles. The summed E-state index contributed by atoms with van der Waals surface area (Å²) in [5, 5.41) is 5.72. The molecular weight excluding hydrogens is 374 g/mol. The maximum absolute atomic E-state index is 12.5. The molecule has 0 aromatic carbocycles. The van der Waals surface area contributed by atoms with E-state index in [9.17, 15) is 9.59 Å². The molecule has 3 rings (SSSR count). The van der Waals surface area contributed by atoms with Crippen molar-refractivity contribution in [2.24, 2.45) is 5.92 Å². The molecule has 0 spiro atoms. The number of hydrogen-bond acceptors (Lipinski definition) is 6. The van der Waals surface area contributed by atoms with E-state index in [0.717, 1.165) is 70.8 Å². The average Bonchev–Trinajstić information content (AvgIpc) is 3.36. The second kappa shape index (κ2) is 9.80. The zero-order valence-corrected chi connectivity index (χ0v) is 18.1. The molecule has 2 aliphatic rings. The number of anilines is 1. The lowest BCUT2D eigenvalue weighted by atomic mass is 10.1. The van der Waals surface area contributed by atoms with E-state index in [4.69, 9.17) is 0 Å². The third-order valence-electron chi connectivity index (χ3n) is 5.96. The van der Waals surface area contributed by atoms with E-state index in [2.05, 4.69) is 33.9 Å². The van der Waals surface area contributed by atoms with Crippen LogP contribution in [0.2, 0.25) is 0 Å². The van der Waals surface area contributed by atoms with Crippen molar-refractivity contribution in [2.75, 3.05) is 44.6 Å². The van der Waals surface area contributed by atoms with Crippen LogP contribution in [0.25, 0.3) is 0 Å². The zero-order valence-electron chi connectivity index (χ0n) is 17.3. The number of carbonyl (C=O) groups is 2. The van der Waals surface area contributed by atoms with Crippen LogP contribution in [0.1, 0.15) is 47.2 Å². The molecule has 2 saturated heterocycles. The minimum atomic E-state index is -0.0199. The average molecular weight is 410 g/mol. The summed E-state index contributed by atoms with van der Waals surface area (Å²) >= 11 is 1.49. The molecule has 7 nitrogen and oxygen atoms in total. The molecule has 2 atom stereocenters. The van der Waals surface area contributed by atoms with Crippen LogP contribution >= 0.6 is 11.3 Å². The van der Waals surface area contributed by atoms with Crippen molar-refractivity contribution in [3.63, 3.8) is 0 Å². The molecule has 2 amide bonds. The van der Waals surface area contributed by atoms with Gasteiger partial charge in [0.1, 0.15) is 0 Å². The zero-order chi connectivity index (χ0) is 20.1. The van der Waals surface area contributed by atoms with Crippen LogP contribution in [0, 0.1) is 5.92 Å². The molecule has 28 heavy (non-hydrogen) atoms. The van der Waals surface area contributed by atoms with Gasteiger partial charge in [-0.15, -0.1) is 11.3 Å². The molecule has 8 heteroatoms. The van der Waals surface area contributed by atoms with Gasteiger partial charge in [-0.05, 0) is 32.4 Å². The highest BCUT2D eigenvalue weighted by atomic mass is 32.1. The smallest absolute Gasteiger partial charge is 0.243 e. The third kappa shape index (κ3) is 5.10. The van der Waals surface area contributed by atoms with E-state index in [-0.39, 0.29) is 25.2 Å². The summed E-state index contributed by atoms with van der Waals surface area (Å²) in [5.41, 5.74) is 0.987. The molecule has 0 aliphatic carbocycles. The molecule has 1 N–H and O–H groups in total. The first-order valence-corrected chi connectivity index (χ1v) is 11.4. The molecular formula is C20H35N5O2S. The number of thiazole rings is 1. The summed E-state index contributed by atoms with van der Waals surface area (Å²) in [6.45, 7) is 12.2. The van der Waals surface area contributed by atoms with Crippen molar-refractivity contribution < 1.29 is 11.0 Å². The largest absolute Gasteiger partial charge is 0.340 e. The fraction of sp³-hybridized carbons (Fsp3) is 0.750. The van der Waals surface area contributed by atoms with Crippen molar-refractivity contribution in [2.45, 2.75) is 52.6 Å². The SMILES string of the molecule is CCC(C)C(=O)N1CCN(Cc2csc(NC(=O)C3CCCN3CC)n2)CC1.[HH]. The van der Waals surface area contributed by atoms with Crippen LogP contribution in [0.3, 0.4) is 0 Å². The van der Waals surface area contributed by atoms with Crippen LogP contribution in [0.5, 0.6) is 0 Å². The van der Waals surface area contributed by atoms with E-state index in [1.807, 2.05) is 17.2 Å². The number of nitrogens with zero attached hydrogens (tertiary/aromatic N) is 4. The Morgan fingerprint density at radius 2 is 2.04 bits per heavy atom. The van der Waals surface area contributed by atoms with Crippen LogP contribution in [0.4, 0.5) is 5.13 Å². The number of nitrogens with one attached hydrogen (secondary N) is 1. The van der Waals surface area contributed by atoms with Crippen LogP contribution < -0.4 is 5.32 Å². The second-order valence-electron chi connectivity index (χ2n) is 7.83. The predicted octanol–water partition coefficient (Wildman–Crippen LogP) is 2.50. The molecule has 0 bridgehead atoms. The van der Waals surface area contributed by atoms with E-state index in [1.165, 1.54) is 11.3 Å². The van der Waals surface area contributed by atoms with Gasteiger partial charge in [-0.3, -0.25) is 19.4 Å². The first-order chi connectivity index (χ1) is 13.5. The summed E-state index contributed by atoms with van der Waals surface area (Å²) in [6, 6.07) is -0.0199. The van der Waals surface area contributed by atoms with E-state index in [0.29, 0.717) is 5.13 Å². The summed E-state index contributed by atoms with van der Waals surface area (Å²) in [6.07, 6.45) is 2.90. The van der Waals surface area contributed by atoms with Gasteiger partial charge >= 0.3 is 0 Å². The summed E-state index contributed by atoms with van der Waals surface area (Å²) in [4.78, 5) is 36.0. The Bertz CT molecular complexity index is 678. The maximum Gasteiger partial charge on any atom is 0.243 e. The second-order valence-corrected chi connectivity index (χ2v) is 8.69. The van der Waals surface area contributed by atoms with E-state index < -0.39 is 0 Å². The molecule has 1 aromatic heterocycles. The number of amides is 2. The maximum atomic E-state index is 12.5. The van der Waals surface area contributed by atoms with Gasteiger partial charge in [-0.2, -0.15) is 0 Å². The molecule has 3 heterocycles. The van der Waals surface area contributed by atoms with Crippen molar-refractivity contribution in [3.05, 3.63) is 11.1 Å². The lowest BCUT2D eigenvalue weighted by molar-refractivity contribution is -0.136. The molecule has 2 unspecified atom stereocenters. The molecule has 0 saturated carbocycles. The summed E-state index contributed by atoms with van der Waals surface area (Å²) < 4.78 is 0. The topological polar surface area (TPSA) is 68.8 Å². The Morgan fingerprint density at radius 1 is 1.29 bits per heavy atom. The summed E-state index contributed by atoms with van der Waals surface area (Å²) in [7, 11) is 0. The minimum Gasteiger partial charge on any atom is -0.340 e. The van der Waals surface area contributed by atoms with E-state index in [1.54, 1.807) is 0 Å². The van der Waals surface area contributed by atoms with Crippen molar-refractivity contribution >= 4 is 28.3 Å². The van der Waals surface area contributed by atoms with E-state index >= 15 is 0 Å².